The molecule has 84 valence electrons. The molecule has 0 aromatic carbocycles. The number of halogens is 1. The van der Waals surface area contributed by atoms with Gasteiger partial charge in [0.15, 0.2) is 0 Å². The third-order valence-electron chi connectivity index (χ3n) is 2.57. The van der Waals surface area contributed by atoms with Crippen LogP contribution in [0.25, 0.3) is 0 Å². The highest BCUT2D eigenvalue weighted by Crippen LogP contribution is 2.36. The molecule has 6 heteroatoms. The van der Waals surface area contributed by atoms with Crippen LogP contribution in [0.5, 0.6) is 0 Å². The van der Waals surface area contributed by atoms with Gasteiger partial charge in [0.2, 0.25) is 10.0 Å². The van der Waals surface area contributed by atoms with Crippen molar-refractivity contribution in [2.45, 2.75) is 18.9 Å². The van der Waals surface area contributed by atoms with Gasteiger partial charge < -0.3 is 0 Å². The largest absolute Gasteiger partial charge is 0.224 e. The molecule has 1 unspecified atom stereocenters. The van der Waals surface area contributed by atoms with E-state index in [9.17, 15) is 8.42 Å². The lowest BCUT2D eigenvalue weighted by Gasteiger charge is -2.21. The molecule has 1 fully saturated rings. The Hall–Kier alpha value is 0.0900. The van der Waals surface area contributed by atoms with Crippen LogP contribution < -0.4 is 0 Å². The average Bonchev–Trinajstić information content (AvgIpc) is 2.87. The molecule has 0 aliphatic carbocycles. The Morgan fingerprint density at radius 1 is 1.60 bits per heavy atom. The summed E-state index contributed by atoms with van der Waals surface area (Å²) in [7, 11) is -3.12. The van der Waals surface area contributed by atoms with Crippen molar-refractivity contribution in [3.8, 4) is 0 Å². The van der Waals surface area contributed by atoms with Crippen LogP contribution in [0.4, 0.5) is 0 Å². The minimum atomic E-state index is -3.12. The van der Waals surface area contributed by atoms with E-state index in [0.717, 1.165) is 17.7 Å². The van der Waals surface area contributed by atoms with Gasteiger partial charge in [-0.1, -0.05) is 22.0 Å². The van der Waals surface area contributed by atoms with Crippen molar-refractivity contribution < 1.29 is 8.42 Å². The van der Waals surface area contributed by atoms with Gasteiger partial charge in [-0.2, -0.15) is 4.31 Å². The lowest BCUT2D eigenvalue weighted by Crippen LogP contribution is -2.30. The highest BCUT2D eigenvalue weighted by Gasteiger charge is 2.34. The van der Waals surface area contributed by atoms with Crippen LogP contribution in [0.15, 0.2) is 17.5 Å². The van der Waals surface area contributed by atoms with Gasteiger partial charge in [0, 0.05) is 11.4 Å². The third kappa shape index (κ3) is 2.27. The fourth-order valence-electron chi connectivity index (χ4n) is 1.90. The van der Waals surface area contributed by atoms with E-state index < -0.39 is 10.0 Å². The molecule has 1 aromatic rings. The van der Waals surface area contributed by atoms with Crippen LogP contribution in [-0.2, 0) is 10.0 Å². The Morgan fingerprint density at radius 3 is 3.00 bits per heavy atom. The molecular weight excluding hydrogens is 298 g/mol. The van der Waals surface area contributed by atoms with Crippen LogP contribution in [-0.4, -0.2) is 23.9 Å². The first-order valence-corrected chi connectivity index (χ1v) is 8.35. The first-order chi connectivity index (χ1) is 7.15. The molecule has 0 amide bonds. The third-order valence-corrected chi connectivity index (χ3v) is 6.71. The number of thiophene rings is 1. The number of sulfonamides is 1. The average molecular weight is 310 g/mol. The molecule has 0 bridgehead atoms. The summed E-state index contributed by atoms with van der Waals surface area (Å²) in [6, 6.07) is 4.04. The van der Waals surface area contributed by atoms with E-state index in [1.165, 1.54) is 0 Å². The maximum absolute atomic E-state index is 11.8. The molecule has 1 atom stereocenters. The van der Waals surface area contributed by atoms with Gasteiger partial charge in [-0.05, 0) is 24.3 Å². The fraction of sp³-hybridized carbons (Fsp3) is 0.556. The van der Waals surface area contributed by atoms with Gasteiger partial charge in [0.25, 0.3) is 0 Å². The smallest absolute Gasteiger partial charge is 0.211 e. The van der Waals surface area contributed by atoms with E-state index in [0.29, 0.717) is 6.54 Å². The second-order valence-corrected chi connectivity index (χ2v) is 7.71. The molecule has 15 heavy (non-hydrogen) atoms. The summed E-state index contributed by atoms with van der Waals surface area (Å²) in [6.45, 7) is 0.649. The van der Waals surface area contributed by atoms with Crippen molar-refractivity contribution in [1.29, 1.82) is 0 Å². The van der Waals surface area contributed by atoms with Gasteiger partial charge in [0.05, 0.1) is 6.04 Å². The van der Waals surface area contributed by atoms with E-state index in [1.54, 1.807) is 15.6 Å². The van der Waals surface area contributed by atoms with E-state index in [2.05, 4.69) is 15.9 Å². The zero-order valence-corrected chi connectivity index (χ0v) is 11.3. The van der Waals surface area contributed by atoms with Crippen molar-refractivity contribution in [2.75, 3.05) is 11.2 Å². The molecule has 2 heterocycles. The van der Waals surface area contributed by atoms with Gasteiger partial charge in [-0.15, -0.1) is 11.3 Å². The van der Waals surface area contributed by atoms with Gasteiger partial charge in [-0.25, -0.2) is 8.42 Å². The predicted molar refractivity (Wildman–Crippen MR) is 65.7 cm³/mol. The molecule has 1 aliphatic heterocycles. The Labute approximate surface area is 102 Å². The summed E-state index contributed by atoms with van der Waals surface area (Å²) in [5.74, 6) is 0. The maximum Gasteiger partial charge on any atom is 0.224 e. The van der Waals surface area contributed by atoms with Crippen molar-refractivity contribution in [1.82, 2.24) is 4.31 Å². The van der Waals surface area contributed by atoms with E-state index in [1.807, 2.05) is 17.5 Å². The molecule has 1 aliphatic rings. The van der Waals surface area contributed by atoms with Crippen LogP contribution >= 0.6 is 27.3 Å². The van der Waals surface area contributed by atoms with Crippen LogP contribution in [0.2, 0.25) is 0 Å². The predicted octanol–water partition coefficient (Wildman–Crippen LogP) is 2.57. The van der Waals surface area contributed by atoms with Crippen LogP contribution in [0.3, 0.4) is 0 Å². The number of alkyl halides is 1. The summed E-state index contributed by atoms with van der Waals surface area (Å²) < 4.78 is 25.2. The lowest BCUT2D eigenvalue weighted by atomic mass is 10.2. The minimum absolute atomic E-state index is 0.0157. The summed E-state index contributed by atoms with van der Waals surface area (Å²) in [4.78, 5) is 1.15. The van der Waals surface area contributed by atoms with Crippen LogP contribution in [0.1, 0.15) is 23.8 Å². The Morgan fingerprint density at radius 2 is 2.40 bits per heavy atom. The number of rotatable bonds is 3. The first-order valence-electron chi connectivity index (χ1n) is 4.74. The molecule has 3 nitrogen and oxygen atoms in total. The molecule has 0 radical (unpaired) electrons. The normalized spacial score (nSPS) is 23.4. The Kier molecular flexibility index (Phi) is 3.49. The van der Waals surface area contributed by atoms with Gasteiger partial charge >= 0.3 is 0 Å². The zero-order chi connectivity index (χ0) is 10.9. The second-order valence-electron chi connectivity index (χ2n) is 3.51. The Bertz CT molecular complexity index is 415. The van der Waals surface area contributed by atoms with Crippen molar-refractivity contribution in [3.05, 3.63) is 22.4 Å². The molecular formula is C9H12BrNO2S2. The van der Waals surface area contributed by atoms with Gasteiger partial charge in [-0.3, -0.25) is 0 Å². The van der Waals surface area contributed by atoms with Crippen LogP contribution in [0, 0.1) is 0 Å². The van der Waals surface area contributed by atoms with E-state index in [-0.39, 0.29) is 10.7 Å². The molecule has 1 aromatic heterocycles. The zero-order valence-electron chi connectivity index (χ0n) is 8.10. The lowest BCUT2D eigenvalue weighted by molar-refractivity contribution is 0.404. The summed E-state index contributed by atoms with van der Waals surface area (Å²) in [5.41, 5.74) is 0. The highest BCUT2D eigenvalue weighted by atomic mass is 79.9. The van der Waals surface area contributed by atoms with E-state index in [4.69, 9.17) is 0 Å². The minimum Gasteiger partial charge on any atom is -0.211 e. The quantitative estimate of drug-likeness (QED) is 0.805. The van der Waals surface area contributed by atoms with E-state index >= 15 is 0 Å². The summed E-state index contributed by atoms with van der Waals surface area (Å²) in [6.07, 6.45) is 1.89. The first kappa shape index (κ1) is 11.6. The van der Waals surface area contributed by atoms with Crippen molar-refractivity contribution in [3.63, 3.8) is 0 Å². The molecule has 0 spiro atoms. The van der Waals surface area contributed by atoms with Crippen molar-refractivity contribution >= 4 is 37.3 Å². The monoisotopic (exact) mass is 309 g/mol. The summed E-state index contributed by atoms with van der Waals surface area (Å²) in [5, 5.41) is 1.99. The Balaban J connectivity index is 2.27. The second kappa shape index (κ2) is 4.53. The summed E-state index contributed by atoms with van der Waals surface area (Å²) >= 11 is 4.67. The fourth-order valence-corrected chi connectivity index (χ4v) is 4.77. The van der Waals surface area contributed by atoms with Crippen molar-refractivity contribution in [2.24, 2.45) is 0 Å². The molecule has 2 rings (SSSR count). The number of nitrogens with zero attached hydrogens (tertiary/aromatic N) is 1. The van der Waals surface area contributed by atoms with Gasteiger partial charge in [0.1, 0.15) is 4.66 Å². The molecule has 0 saturated carbocycles. The molecule has 0 N–H and O–H groups in total. The number of hydrogen-bond donors (Lipinski definition) is 0. The maximum atomic E-state index is 11.8. The topological polar surface area (TPSA) is 37.4 Å². The SMILES string of the molecule is O=S(=O)(CBr)N1CCCC1c1cccs1. The number of hydrogen-bond acceptors (Lipinski definition) is 3. The molecule has 1 saturated heterocycles. The highest BCUT2D eigenvalue weighted by molar-refractivity contribution is 9.10. The standard InChI is InChI=1S/C9H12BrNO2S2/c10-7-15(12,13)11-5-1-3-8(11)9-4-2-6-14-9/h2,4,6,8H,1,3,5,7H2.